The van der Waals surface area contributed by atoms with Crippen LogP contribution in [-0.4, -0.2) is 16.1 Å². The molecule has 1 fully saturated rings. The summed E-state index contributed by atoms with van der Waals surface area (Å²) < 4.78 is 0. The van der Waals surface area contributed by atoms with Crippen molar-refractivity contribution in [2.75, 3.05) is 0 Å². The Morgan fingerprint density at radius 2 is 1.89 bits per heavy atom. The third-order valence-corrected chi connectivity index (χ3v) is 4.39. The van der Waals surface area contributed by atoms with Crippen LogP contribution >= 0.6 is 0 Å². The summed E-state index contributed by atoms with van der Waals surface area (Å²) in [4.78, 5) is 16.2. The highest BCUT2D eigenvalue weighted by atomic mass is 16.4. The SMILES string of the molecule is Cc1cccnc1CC1(C(=O)O)CCCCCCC1. The number of aromatic nitrogens is 1. The number of hydrogen-bond acceptors (Lipinski definition) is 2. The molecule has 0 bridgehead atoms. The number of aliphatic carboxylic acids is 1. The minimum atomic E-state index is -0.639. The van der Waals surface area contributed by atoms with Crippen molar-refractivity contribution < 1.29 is 9.90 Å². The average molecular weight is 261 g/mol. The lowest BCUT2D eigenvalue weighted by molar-refractivity contribution is -0.150. The van der Waals surface area contributed by atoms with Gasteiger partial charge >= 0.3 is 5.97 Å². The minimum absolute atomic E-state index is 0.578. The van der Waals surface area contributed by atoms with Crippen LogP contribution in [0.2, 0.25) is 0 Å². The molecule has 0 aromatic carbocycles. The number of hydrogen-bond donors (Lipinski definition) is 1. The summed E-state index contributed by atoms with van der Waals surface area (Å²) in [6.07, 6.45) is 9.55. The first kappa shape index (κ1) is 14.0. The number of carbonyl (C=O) groups is 1. The average Bonchev–Trinajstić information content (AvgIpc) is 2.35. The summed E-state index contributed by atoms with van der Waals surface area (Å²) in [6.45, 7) is 2.01. The van der Waals surface area contributed by atoms with Crippen LogP contribution in [0, 0.1) is 12.3 Å². The minimum Gasteiger partial charge on any atom is -0.481 e. The molecule has 0 radical (unpaired) electrons. The van der Waals surface area contributed by atoms with Crippen molar-refractivity contribution in [1.29, 1.82) is 0 Å². The van der Waals surface area contributed by atoms with Gasteiger partial charge in [0.1, 0.15) is 0 Å². The largest absolute Gasteiger partial charge is 0.481 e. The summed E-state index contributed by atoms with van der Waals surface area (Å²) in [5, 5.41) is 9.73. The van der Waals surface area contributed by atoms with E-state index in [0.29, 0.717) is 6.42 Å². The Labute approximate surface area is 115 Å². The fourth-order valence-corrected chi connectivity index (χ4v) is 3.07. The zero-order chi connectivity index (χ0) is 13.7. The third kappa shape index (κ3) is 3.34. The van der Waals surface area contributed by atoms with Gasteiger partial charge in [0.05, 0.1) is 5.41 Å². The van der Waals surface area contributed by atoms with Gasteiger partial charge in [0.25, 0.3) is 0 Å². The standard InChI is InChI=1S/C16H23NO2/c1-13-8-7-11-17-14(13)12-16(15(18)19)9-5-3-2-4-6-10-16/h7-8,11H,2-6,9-10,12H2,1H3,(H,18,19). The van der Waals surface area contributed by atoms with Crippen molar-refractivity contribution in [3.63, 3.8) is 0 Å². The first-order chi connectivity index (χ1) is 9.14. The maximum absolute atomic E-state index is 11.8. The zero-order valence-electron chi connectivity index (χ0n) is 11.7. The predicted octanol–water partition coefficient (Wildman–Crippen LogP) is 3.75. The number of rotatable bonds is 3. The monoisotopic (exact) mass is 261 g/mol. The van der Waals surface area contributed by atoms with E-state index in [1.165, 1.54) is 6.42 Å². The van der Waals surface area contributed by atoms with Gasteiger partial charge in [0.2, 0.25) is 0 Å². The molecule has 0 aliphatic heterocycles. The molecule has 104 valence electrons. The predicted molar refractivity (Wildman–Crippen MR) is 75.1 cm³/mol. The molecule has 19 heavy (non-hydrogen) atoms. The molecule has 1 aliphatic carbocycles. The maximum atomic E-state index is 11.8. The third-order valence-electron chi connectivity index (χ3n) is 4.39. The number of pyridine rings is 1. The van der Waals surface area contributed by atoms with Gasteiger partial charge in [-0.25, -0.2) is 0 Å². The second-order valence-corrected chi connectivity index (χ2v) is 5.80. The van der Waals surface area contributed by atoms with Crippen molar-refractivity contribution >= 4 is 5.97 Å². The van der Waals surface area contributed by atoms with Crippen LogP contribution in [0.25, 0.3) is 0 Å². The molecular weight excluding hydrogens is 238 g/mol. The second-order valence-electron chi connectivity index (χ2n) is 5.80. The highest BCUT2D eigenvalue weighted by Gasteiger charge is 2.38. The van der Waals surface area contributed by atoms with E-state index in [2.05, 4.69) is 4.98 Å². The number of nitrogens with zero attached hydrogens (tertiary/aromatic N) is 1. The van der Waals surface area contributed by atoms with Crippen molar-refractivity contribution in [2.45, 2.75) is 58.3 Å². The fraction of sp³-hybridized carbons (Fsp3) is 0.625. The van der Waals surface area contributed by atoms with Gasteiger partial charge in [0.15, 0.2) is 0 Å². The van der Waals surface area contributed by atoms with Gasteiger partial charge < -0.3 is 5.11 Å². The Hall–Kier alpha value is -1.38. The summed E-state index contributed by atoms with van der Waals surface area (Å²) in [5.74, 6) is -0.639. The van der Waals surface area contributed by atoms with Gasteiger partial charge in [-0.3, -0.25) is 9.78 Å². The topological polar surface area (TPSA) is 50.2 Å². The lowest BCUT2D eigenvalue weighted by atomic mass is 9.72. The molecule has 3 nitrogen and oxygen atoms in total. The summed E-state index contributed by atoms with van der Waals surface area (Å²) in [6, 6.07) is 3.92. The van der Waals surface area contributed by atoms with E-state index in [-0.39, 0.29) is 0 Å². The quantitative estimate of drug-likeness (QED) is 0.901. The summed E-state index contributed by atoms with van der Waals surface area (Å²) in [5.41, 5.74) is 1.45. The van der Waals surface area contributed by atoms with Crippen molar-refractivity contribution in [1.82, 2.24) is 4.98 Å². The van der Waals surface area contributed by atoms with E-state index in [0.717, 1.165) is 49.8 Å². The maximum Gasteiger partial charge on any atom is 0.310 e. The molecule has 0 spiro atoms. The van der Waals surface area contributed by atoms with Crippen molar-refractivity contribution in [2.24, 2.45) is 5.41 Å². The van der Waals surface area contributed by atoms with Crippen LogP contribution in [0.4, 0.5) is 0 Å². The summed E-state index contributed by atoms with van der Waals surface area (Å²) in [7, 11) is 0. The summed E-state index contributed by atoms with van der Waals surface area (Å²) >= 11 is 0. The number of aryl methyl sites for hydroxylation is 1. The first-order valence-corrected chi connectivity index (χ1v) is 7.28. The molecule has 1 heterocycles. The fourth-order valence-electron chi connectivity index (χ4n) is 3.07. The molecule has 0 unspecified atom stereocenters. The van der Waals surface area contributed by atoms with Crippen LogP contribution in [0.5, 0.6) is 0 Å². The Morgan fingerprint density at radius 1 is 1.26 bits per heavy atom. The molecular formula is C16H23NO2. The van der Waals surface area contributed by atoms with Crippen molar-refractivity contribution in [3.05, 3.63) is 29.6 Å². The molecule has 2 rings (SSSR count). The molecule has 0 atom stereocenters. The van der Waals surface area contributed by atoms with Gasteiger partial charge in [-0.15, -0.1) is 0 Å². The van der Waals surface area contributed by atoms with Gasteiger partial charge in [-0.1, -0.05) is 38.2 Å². The lowest BCUT2D eigenvalue weighted by Crippen LogP contribution is -2.34. The van der Waals surface area contributed by atoms with Crippen LogP contribution in [0.15, 0.2) is 18.3 Å². The van der Waals surface area contributed by atoms with Crippen LogP contribution in [0.1, 0.15) is 56.2 Å². The Morgan fingerprint density at radius 3 is 2.47 bits per heavy atom. The van der Waals surface area contributed by atoms with Crippen molar-refractivity contribution in [3.8, 4) is 0 Å². The smallest absolute Gasteiger partial charge is 0.310 e. The van der Waals surface area contributed by atoms with E-state index in [4.69, 9.17) is 0 Å². The molecule has 1 aliphatic rings. The lowest BCUT2D eigenvalue weighted by Gasteiger charge is -2.31. The molecule has 1 aromatic heterocycles. The Bertz CT molecular complexity index is 434. The molecule has 1 aromatic rings. The second kappa shape index (κ2) is 6.18. The molecule has 0 saturated heterocycles. The van der Waals surface area contributed by atoms with E-state index >= 15 is 0 Å². The number of carboxylic acids is 1. The van der Waals surface area contributed by atoms with Crippen LogP contribution in [0.3, 0.4) is 0 Å². The zero-order valence-corrected chi connectivity index (χ0v) is 11.7. The van der Waals surface area contributed by atoms with Gasteiger partial charge in [-0.05, 0) is 31.4 Å². The van der Waals surface area contributed by atoms with E-state index < -0.39 is 11.4 Å². The Balaban J connectivity index is 2.23. The van der Waals surface area contributed by atoms with Crippen LogP contribution < -0.4 is 0 Å². The highest BCUT2D eigenvalue weighted by molar-refractivity contribution is 5.75. The normalized spacial score (nSPS) is 19.4. The van der Waals surface area contributed by atoms with Gasteiger partial charge in [-0.2, -0.15) is 0 Å². The Kier molecular flexibility index (Phi) is 4.56. The van der Waals surface area contributed by atoms with Gasteiger partial charge in [0, 0.05) is 18.3 Å². The first-order valence-electron chi connectivity index (χ1n) is 7.28. The molecule has 1 saturated carbocycles. The highest BCUT2D eigenvalue weighted by Crippen LogP contribution is 2.37. The van der Waals surface area contributed by atoms with E-state index in [9.17, 15) is 9.90 Å². The van der Waals surface area contributed by atoms with Crippen LogP contribution in [-0.2, 0) is 11.2 Å². The van der Waals surface area contributed by atoms with E-state index in [1.54, 1.807) is 6.20 Å². The van der Waals surface area contributed by atoms with E-state index in [1.807, 2.05) is 19.1 Å². The number of carboxylic acid groups (broad SMARTS) is 1. The molecule has 1 N–H and O–H groups in total. The molecule has 0 amide bonds. The molecule has 3 heteroatoms.